The van der Waals surface area contributed by atoms with E-state index < -0.39 is 42.6 Å². The summed E-state index contributed by atoms with van der Waals surface area (Å²) >= 11 is 0. The van der Waals surface area contributed by atoms with Crippen molar-refractivity contribution in [2.75, 3.05) is 5.73 Å². The zero-order chi connectivity index (χ0) is 19.7. The molecule has 1 saturated heterocycles. The number of anilines is 1. The van der Waals surface area contributed by atoms with Crippen molar-refractivity contribution in [3.05, 3.63) is 12.7 Å². The fraction of sp³-hybridized carbons (Fsp3) is 0.600. The van der Waals surface area contributed by atoms with Crippen LogP contribution in [0, 0.1) is 0 Å². The molecule has 0 radical (unpaired) electrons. The van der Waals surface area contributed by atoms with Gasteiger partial charge in [-0.2, -0.15) is 0 Å². The molecule has 0 aliphatic carbocycles. The van der Waals surface area contributed by atoms with Crippen LogP contribution in [-0.4, -0.2) is 71.2 Å². The van der Waals surface area contributed by atoms with Crippen molar-refractivity contribution >= 4 is 23.0 Å². The summed E-state index contributed by atoms with van der Waals surface area (Å²) in [6.45, 7) is 0. The lowest BCUT2D eigenvalue weighted by Crippen LogP contribution is -2.37. The van der Waals surface area contributed by atoms with Crippen LogP contribution >= 0.6 is 0 Å². The fourth-order valence-electron chi connectivity index (χ4n) is 3.14. The number of carboxylic acids is 1. The van der Waals surface area contributed by atoms with E-state index in [0.29, 0.717) is 17.6 Å². The van der Waals surface area contributed by atoms with Gasteiger partial charge in [0, 0.05) is 6.04 Å². The third-order valence-corrected chi connectivity index (χ3v) is 4.70. The van der Waals surface area contributed by atoms with E-state index in [-0.39, 0.29) is 18.7 Å². The van der Waals surface area contributed by atoms with Gasteiger partial charge in [-0.15, -0.1) is 0 Å². The van der Waals surface area contributed by atoms with E-state index in [0.717, 1.165) is 0 Å². The van der Waals surface area contributed by atoms with E-state index in [9.17, 15) is 15.0 Å². The normalized spacial score (nSPS) is 27.7. The van der Waals surface area contributed by atoms with Crippen LogP contribution in [0.2, 0.25) is 0 Å². The van der Waals surface area contributed by atoms with Crippen LogP contribution in [0.3, 0.4) is 0 Å². The van der Waals surface area contributed by atoms with E-state index in [1.54, 1.807) is 0 Å². The average Bonchev–Trinajstić information content (AvgIpc) is 3.17. The Morgan fingerprint density at radius 3 is 2.67 bits per heavy atom. The molecule has 2 aromatic heterocycles. The van der Waals surface area contributed by atoms with Gasteiger partial charge in [0.2, 0.25) is 0 Å². The molecule has 0 aromatic carbocycles. The zero-order valence-electron chi connectivity index (χ0n) is 14.4. The van der Waals surface area contributed by atoms with Crippen LogP contribution in [0.4, 0.5) is 5.82 Å². The summed E-state index contributed by atoms with van der Waals surface area (Å²) in [5.74, 6) is -0.900. The number of carboxylic acid groups (broad SMARTS) is 1. The lowest BCUT2D eigenvalue weighted by Gasteiger charge is -2.20. The summed E-state index contributed by atoms with van der Waals surface area (Å²) in [7, 11) is 0. The van der Waals surface area contributed by atoms with Crippen LogP contribution in [0.1, 0.15) is 25.5 Å². The van der Waals surface area contributed by atoms with Crippen molar-refractivity contribution < 1.29 is 24.9 Å². The highest BCUT2D eigenvalue weighted by atomic mass is 16.6. The lowest BCUT2D eigenvalue weighted by molar-refractivity contribution is -0.138. The number of aliphatic hydroxyl groups excluding tert-OH is 2. The average molecular weight is 381 g/mol. The van der Waals surface area contributed by atoms with Crippen LogP contribution in [0.15, 0.2) is 12.7 Å². The second kappa shape index (κ2) is 7.70. The number of hydrogen-bond donors (Lipinski definition) is 6. The smallest absolute Gasteiger partial charge is 0.320 e. The number of carbonyl (C=O) groups is 1. The second-order valence-electron chi connectivity index (χ2n) is 6.65. The quantitative estimate of drug-likeness (QED) is 0.307. The maximum Gasteiger partial charge on any atom is 0.320 e. The molecule has 0 unspecified atom stereocenters. The van der Waals surface area contributed by atoms with Crippen molar-refractivity contribution in [1.82, 2.24) is 19.5 Å². The minimum absolute atomic E-state index is 0.195. The predicted molar refractivity (Wildman–Crippen MR) is 93.1 cm³/mol. The molecule has 12 nitrogen and oxygen atoms in total. The molecule has 27 heavy (non-hydrogen) atoms. The predicted octanol–water partition coefficient (Wildman–Crippen LogP) is -2.06. The highest BCUT2D eigenvalue weighted by Gasteiger charge is 2.44. The highest BCUT2D eigenvalue weighted by Crippen LogP contribution is 2.33. The van der Waals surface area contributed by atoms with Crippen molar-refractivity contribution in [2.24, 2.45) is 11.5 Å². The molecule has 6 atom stereocenters. The van der Waals surface area contributed by atoms with Crippen molar-refractivity contribution in [3.8, 4) is 0 Å². The van der Waals surface area contributed by atoms with Gasteiger partial charge in [-0.25, -0.2) is 15.0 Å². The minimum atomic E-state index is -1.22. The molecule has 1 aliphatic rings. The molecular weight excluding hydrogens is 358 g/mol. The summed E-state index contributed by atoms with van der Waals surface area (Å²) in [6, 6.07) is -1.44. The van der Waals surface area contributed by atoms with Gasteiger partial charge in [0.25, 0.3) is 0 Å². The Labute approximate surface area is 154 Å². The number of ether oxygens (including phenoxy) is 1. The first kappa shape index (κ1) is 19.4. The van der Waals surface area contributed by atoms with Crippen LogP contribution < -0.4 is 17.2 Å². The van der Waals surface area contributed by atoms with Gasteiger partial charge in [0.05, 0.1) is 12.4 Å². The Morgan fingerprint density at radius 2 is 1.96 bits per heavy atom. The van der Waals surface area contributed by atoms with Gasteiger partial charge < -0.3 is 37.3 Å². The second-order valence-corrected chi connectivity index (χ2v) is 6.65. The van der Waals surface area contributed by atoms with Crippen LogP contribution in [-0.2, 0) is 9.53 Å². The SMILES string of the molecule is Nc1ncnc2c1ncn2[C@@H]1O[C@H](C[C@@H](N)CC[C@@H](N)C(=O)O)[C@@H](O)[C@H]1O. The Balaban J connectivity index is 1.68. The lowest BCUT2D eigenvalue weighted by atomic mass is 9.98. The number of aliphatic carboxylic acids is 1. The van der Waals surface area contributed by atoms with Crippen LogP contribution in [0.25, 0.3) is 11.2 Å². The summed E-state index contributed by atoms with van der Waals surface area (Å²) in [4.78, 5) is 22.8. The molecule has 0 bridgehead atoms. The molecule has 0 amide bonds. The third-order valence-electron chi connectivity index (χ3n) is 4.70. The van der Waals surface area contributed by atoms with E-state index in [1.807, 2.05) is 0 Å². The van der Waals surface area contributed by atoms with Crippen LogP contribution in [0.5, 0.6) is 0 Å². The minimum Gasteiger partial charge on any atom is -0.480 e. The van der Waals surface area contributed by atoms with E-state index in [2.05, 4.69) is 15.0 Å². The van der Waals surface area contributed by atoms with Gasteiger partial charge in [0.1, 0.15) is 30.1 Å². The zero-order valence-corrected chi connectivity index (χ0v) is 14.4. The molecule has 12 heteroatoms. The third kappa shape index (κ3) is 3.84. The molecule has 148 valence electrons. The van der Waals surface area contributed by atoms with E-state index in [1.165, 1.54) is 17.2 Å². The Hall–Kier alpha value is -2.38. The van der Waals surface area contributed by atoms with Gasteiger partial charge >= 0.3 is 5.97 Å². The van der Waals surface area contributed by atoms with Gasteiger partial charge in [-0.05, 0) is 19.3 Å². The molecule has 0 spiro atoms. The maximum absolute atomic E-state index is 10.8. The first-order chi connectivity index (χ1) is 12.8. The molecule has 1 fully saturated rings. The number of hydrogen-bond acceptors (Lipinski definition) is 10. The topological polar surface area (TPSA) is 209 Å². The Bertz CT molecular complexity index is 815. The molecule has 2 aromatic rings. The number of aliphatic hydroxyl groups is 2. The largest absolute Gasteiger partial charge is 0.480 e. The summed E-state index contributed by atoms with van der Waals surface area (Å²) in [5.41, 5.74) is 18.0. The monoisotopic (exact) mass is 381 g/mol. The standard InChI is InChI=1S/C15H23N7O5/c16-6(1-2-7(17)15(25)26)3-8-10(23)11(24)14(27-8)22-5-21-9-12(18)19-4-20-13(9)22/h4-8,10-11,14,23-24H,1-3,16-17H2,(H,25,26)(H2,18,19,20)/t6-,7+,8+,10+,11+,14+/m0/s1. The molecule has 1 aliphatic heterocycles. The van der Waals surface area contributed by atoms with Crippen molar-refractivity contribution in [3.63, 3.8) is 0 Å². The highest BCUT2D eigenvalue weighted by molar-refractivity contribution is 5.81. The Morgan fingerprint density at radius 1 is 1.22 bits per heavy atom. The number of imidazole rings is 1. The number of nitrogens with two attached hydrogens (primary N) is 3. The van der Waals surface area contributed by atoms with Gasteiger partial charge in [-0.1, -0.05) is 0 Å². The number of nitrogens with zero attached hydrogens (tertiary/aromatic N) is 4. The van der Waals surface area contributed by atoms with E-state index in [4.69, 9.17) is 27.0 Å². The van der Waals surface area contributed by atoms with Gasteiger partial charge in [0.15, 0.2) is 17.7 Å². The molecule has 9 N–H and O–H groups in total. The molecule has 3 rings (SSSR count). The number of nitrogen functional groups attached to an aromatic ring is 1. The fourth-order valence-corrected chi connectivity index (χ4v) is 3.14. The summed E-state index contributed by atoms with van der Waals surface area (Å²) in [6.07, 6.45) is -0.604. The number of aromatic nitrogens is 4. The summed E-state index contributed by atoms with van der Waals surface area (Å²) in [5, 5.41) is 29.5. The first-order valence-corrected chi connectivity index (χ1v) is 8.48. The van der Waals surface area contributed by atoms with Gasteiger partial charge in [-0.3, -0.25) is 9.36 Å². The molecule has 0 saturated carbocycles. The van der Waals surface area contributed by atoms with E-state index >= 15 is 0 Å². The number of fused-ring (bicyclic) bond motifs is 1. The molecular formula is C15H23N7O5. The van der Waals surface area contributed by atoms with Crippen molar-refractivity contribution in [1.29, 1.82) is 0 Å². The maximum atomic E-state index is 10.8. The van der Waals surface area contributed by atoms with Crippen molar-refractivity contribution in [2.45, 2.75) is 55.9 Å². The first-order valence-electron chi connectivity index (χ1n) is 8.48. The number of rotatable bonds is 7. The Kier molecular flexibility index (Phi) is 5.53. The molecule has 3 heterocycles. The summed E-state index contributed by atoms with van der Waals surface area (Å²) < 4.78 is 7.28.